The van der Waals surface area contributed by atoms with Crippen LogP contribution in [0.25, 0.3) is 0 Å². The SMILES string of the molecule is COCCNC(=O)NCCn1nc(C(F)(F)F)cc1C1CC1. The topological polar surface area (TPSA) is 68.2 Å². The Morgan fingerprint density at radius 2 is 2.09 bits per heavy atom. The number of methoxy groups -OCH3 is 1. The maximum Gasteiger partial charge on any atom is 0.435 e. The van der Waals surface area contributed by atoms with E-state index in [0.717, 1.165) is 18.9 Å². The number of alkyl halides is 3. The lowest BCUT2D eigenvalue weighted by Crippen LogP contribution is -2.38. The van der Waals surface area contributed by atoms with Gasteiger partial charge in [0.15, 0.2) is 5.69 Å². The number of hydrogen-bond donors (Lipinski definition) is 2. The fourth-order valence-electron chi connectivity index (χ4n) is 2.06. The molecule has 2 N–H and O–H groups in total. The summed E-state index contributed by atoms with van der Waals surface area (Å²) < 4.78 is 44.3. The summed E-state index contributed by atoms with van der Waals surface area (Å²) in [5.74, 6) is 0.152. The number of amides is 2. The molecule has 1 aromatic heterocycles. The van der Waals surface area contributed by atoms with Gasteiger partial charge in [-0.05, 0) is 18.9 Å². The number of halogens is 3. The Balaban J connectivity index is 1.86. The molecule has 0 bridgehead atoms. The summed E-state index contributed by atoms with van der Waals surface area (Å²) in [4.78, 5) is 11.4. The zero-order chi connectivity index (χ0) is 16.2. The molecule has 0 saturated heterocycles. The first-order chi connectivity index (χ1) is 10.4. The maximum absolute atomic E-state index is 12.7. The van der Waals surface area contributed by atoms with E-state index in [0.29, 0.717) is 18.8 Å². The predicted octanol–water partition coefficient (Wildman–Crippen LogP) is 1.72. The Labute approximate surface area is 126 Å². The summed E-state index contributed by atoms with van der Waals surface area (Å²) >= 11 is 0. The van der Waals surface area contributed by atoms with E-state index < -0.39 is 11.9 Å². The van der Waals surface area contributed by atoms with Crippen LogP contribution in [0.15, 0.2) is 6.07 Å². The monoisotopic (exact) mass is 320 g/mol. The lowest BCUT2D eigenvalue weighted by atomic mass is 10.2. The summed E-state index contributed by atoms with van der Waals surface area (Å²) in [5, 5.41) is 8.76. The average molecular weight is 320 g/mol. The third-order valence-electron chi connectivity index (χ3n) is 3.30. The molecule has 6 nitrogen and oxygen atoms in total. The molecule has 0 aliphatic heterocycles. The number of urea groups is 1. The van der Waals surface area contributed by atoms with Crippen LogP contribution in [0, 0.1) is 0 Å². The van der Waals surface area contributed by atoms with Crippen LogP contribution in [-0.2, 0) is 17.5 Å². The minimum atomic E-state index is -4.44. The molecule has 0 spiro atoms. The first kappa shape index (κ1) is 16.6. The Morgan fingerprint density at radius 1 is 1.41 bits per heavy atom. The van der Waals surface area contributed by atoms with Gasteiger partial charge in [-0.1, -0.05) is 0 Å². The molecule has 1 aromatic rings. The van der Waals surface area contributed by atoms with Gasteiger partial charge in [-0.25, -0.2) is 4.79 Å². The van der Waals surface area contributed by atoms with Gasteiger partial charge in [0.25, 0.3) is 0 Å². The zero-order valence-corrected chi connectivity index (χ0v) is 12.2. The minimum Gasteiger partial charge on any atom is -0.383 e. The highest BCUT2D eigenvalue weighted by Gasteiger charge is 2.37. The van der Waals surface area contributed by atoms with E-state index in [9.17, 15) is 18.0 Å². The number of aromatic nitrogens is 2. The van der Waals surface area contributed by atoms with Crippen LogP contribution in [0.1, 0.15) is 30.1 Å². The third kappa shape index (κ3) is 4.62. The van der Waals surface area contributed by atoms with Gasteiger partial charge >= 0.3 is 12.2 Å². The van der Waals surface area contributed by atoms with Gasteiger partial charge in [0.2, 0.25) is 0 Å². The van der Waals surface area contributed by atoms with Crippen LogP contribution in [-0.4, -0.2) is 42.6 Å². The molecule has 1 fully saturated rings. The number of rotatable bonds is 7. The van der Waals surface area contributed by atoms with Gasteiger partial charge < -0.3 is 15.4 Å². The van der Waals surface area contributed by atoms with Gasteiger partial charge in [0.1, 0.15) is 0 Å². The molecule has 0 radical (unpaired) electrons. The van der Waals surface area contributed by atoms with Crippen LogP contribution < -0.4 is 10.6 Å². The van der Waals surface area contributed by atoms with Crippen molar-refractivity contribution in [3.05, 3.63) is 17.5 Å². The summed E-state index contributed by atoms with van der Waals surface area (Å²) in [6.07, 6.45) is -2.68. The fourth-order valence-corrected chi connectivity index (χ4v) is 2.06. The van der Waals surface area contributed by atoms with E-state index >= 15 is 0 Å². The van der Waals surface area contributed by atoms with E-state index in [-0.39, 0.29) is 25.0 Å². The second-order valence-electron chi connectivity index (χ2n) is 5.13. The van der Waals surface area contributed by atoms with Crippen molar-refractivity contribution in [3.63, 3.8) is 0 Å². The molecule has 124 valence electrons. The van der Waals surface area contributed by atoms with Crippen molar-refractivity contribution in [2.75, 3.05) is 26.8 Å². The van der Waals surface area contributed by atoms with Gasteiger partial charge in [-0.2, -0.15) is 18.3 Å². The maximum atomic E-state index is 12.7. The van der Waals surface area contributed by atoms with E-state index in [1.165, 1.54) is 11.8 Å². The second kappa shape index (κ2) is 6.99. The highest BCUT2D eigenvalue weighted by atomic mass is 19.4. The molecule has 1 aliphatic carbocycles. The summed E-state index contributed by atoms with van der Waals surface area (Å²) in [5.41, 5.74) is -0.284. The van der Waals surface area contributed by atoms with Crippen LogP contribution in [0.2, 0.25) is 0 Å². The fraction of sp³-hybridized carbons (Fsp3) is 0.692. The average Bonchev–Trinajstić information content (AvgIpc) is 3.18. The van der Waals surface area contributed by atoms with Gasteiger partial charge in [0.05, 0.1) is 13.2 Å². The highest BCUT2D eigenvalue weighted by molar-refractivity contribution is 5.73. The quantitative estimate of drug-likeness (QED) is 0.752. The molecule has 0 unspecified atom stereocenters. The van der Waals surface area contributed by atoms with Crippen molar-refractivity contribution in [2.45, 2.75) is 31.5 Å². The number of nitrogens with zero attached hydrogens (tertiary/aromatic N) is 2. The number of ether oxygens (including phenoxy) is 1. The van der Waals surface area contributed by atoms with Crippen molar-refractivity contribution in [1.29, 1.82) is 0 Å². The van der Waals surface area contributed by atoms with E-state index in [4.69, 9.17) is 4.74 Å². The molecule has 1 aliphatic rings. The Kier molecular flexibility index (Phi) is 5.28. The molecule has 0 atom stereocenters. The molecule has 0 aromatic carbocycles. The summed E-state index contributed by atoms with van der Waals surface area (Å²) in [6.45, 7) is 1.18. The molecule has 22 heavy (non-hydrogen) atoms. The number of carbonyl (C=O) groups is 1. The van der Waals surface area contributed by atoms with Crippen LogP contribution in [0.5, 0.6) is 0 Å². The smallest absolute Gasteiger partial charge is 0.383 e. The van der Waals surface area contributed by atoms with Crippen molar-refractivity contribution >= 4 is 6.03 Å². The lowest BCUT2D eigenvalue weighted by molar-refractivity contribution is -0.141. The van der Waals surface area contributed by atoms with E-state index in [2.05, 4.69) is 15.7 Å². The number of hydrogen-bond acceptors (Lipinski definition) is 3. The Hall–Kier alpha value is -1.77. The molecule has 2 rings (SSSR count). The van der Waals surface area contributed by atoms with E-state index in [1.807, 2.05) is 0 Å². The first-order valence-electron chi connectivity index (χ1n) is 7.07. The Bertz CT molecular complexity index is 512. The minimum absolute atomic E-state index is 0.152. The third-order valence-corrected chi connectivity index (χ3v) is 3.30. The van der Waals surface area contributed by atoms with E-state index in [1.54, 1.807) is 0 Å². The molecule has 2 amide bonds. The van der Waals surface area contributed by atoms with Crippen LogP contribution >= 0.6 is 0 Å². The first-order valence-corrected chi connectivity index (χ1v) is 7.07. The van der Waals surface area contributed by atoms with Gasteiger partial charge in [-0.3, -0.25) is 4.68 Å². The summed E-state index contributed by atoms with van der Waals surface area (Å²) in [7, 11) is 1.52. The number of carbonyl (C=O) groups excluding carboxylic acids is 1. The van der Waals surface area contributed by atoms with Crippen molar-refractivity contribution in [2.24, 2.45) is 0 Å². The van der Waals surface area contributed by atoms with Gasteiger partial charge in [-0.15, -0.1) is 0 Å². The normalized spacial score (nSPS) is 14.9. The second-order valence-corrected chi connectivity index (χ2v) is 5.13. The molecular weight excluding hydrogens is 301 g/mol. The van der Waals surface area contributed by atoms with Gasteiger partial charge in [0, 0.05) is 31.8 Å². The number of nitrogens with one attached hydrogen (secondary N) is 2. The molecule has 1 heterocycles. The van der Waals surface area contributed by atoms with Crippen molar-refractivity contribution in [3.8, 4) is 0 Å². The van der Waals surface area contributed by atoms with Crippen molar-refractivity contribution in [1.82, 2.24) is 20.4 Å². The predicted molar refractivity (Wildman–Crippen MR) is 72.5 cm³/mol. The van der Waals surface area contributed by atoms with Crippen molar-refractivity contribution < 1.29 is 22.7 Å². The largest absolute Gasteiger partial charge is 0.435 e. The zero-order valence-electron chi connectivity index (χ0n) is 12.2. The standard InChI is InChI=1S/C13H19F3N4O2/c1-22-7-5-18-12(21)17-4-6-20-10(9-2-3-9)8-11(19-20)13(14,15)16/h8-9H,2-7H2,1H3,(H2,17,18,21). The summed E-state index contributed by atoms with van der Waals surface area (Å²) in [6, 6.07) is 0.726. The van der Waals surface area contributed by atoms with Crippen LogP contribution in [0.3, 0.4) is 0 Å². The Morgan fingerprint density at radius 3 is 2.68 bits per heavy atom. The molecule has 9 heteroatoms. The molecular formula is C13H19F3N4O2. The molecule has 1 saturated carbocycles. The van der Waals surface area contributed by atoms with Crippen LogP contribution in [0.4, 0.5) is 18.0 Å². The lowest BCUT2D eigenvalue weighted by Gasteiger charge is -2.09. The highest BCUT2D eigenvalue weighted by Crippen LogP contribution is 2.41.